The molecule has 7 nitrogen and oxygen atoms in total. The Bertz CT molecular complexity index is 917. The number of nitrogens with zero attached hydrogens (tertiary/aromatic N) is 2. The Balaban J connectivity index is 1.74. The van der Waals surface area contributed by atoms with Gasteiger partial charge in [-0.25, -0.2) is 8.42 Å². The zero-order valence-corrected chi connectivity index (χ0v) is 16.7. The van der Waals surface area contributed by atoms with Crippen molar-refractivity contribution in [3.05, 3.63) is 41.3 Å². The third-order valence-corrected chi connectivity index (χ3v) is 7.03. The summed E-state index contributed by atoms with van der Waals surface area (Å²) in [7, 11) is -3.73. The van der Waals surface area contributed by atoms with Crippen LogP contribution in [0.5, 0.6) is 0 Å². The molecular weight excluding hydrogens is 366 g/mol. The maximum absolute atomic E-state index is 13.0. The van der Waals surface area contributed by atoms with Crippen LogP contribution >= 0.6 is 0 Å². The Hall–Kier alpha value is -2.19. The Kier molecular flexibility index (Phi) is 5.67. The first-order valence-corrected chi connectivity index (χ1v) is 10.6. The van der Waals surface area contributed by atoms with Gasteiger partial charge in [-0.2, -0.15) is 4.31 Å². The van der Waals surface area contributed by atoms with E-state index in [2.05, 4.69) is 17.4 Å². The highest BCUT2D eigenvalue weighted by Crippen LogP contribution is 2.28. The van der Waals surface area contributed by atoms with Crippen molar-refractivity contribution in [2.75, 3.05) is 18.4 Å². The maximum Gasteiger partial charge on any atom is 0.248 e. The lowest BCUT2D eigenvalue weighted by atomic mass is 9.98. The number of piperidine rings is 1. The van der Waals surface area contributed by atoms with Crippen LogP contribution in [-0.4, -0.2) is 36.9 Å². The van der Waals surface area contributed by atoms with E-state index in [1.54, 1.807) is 13.8 Å². The van der Waals surface area contributed by atoms with Gasteiger partial charge in [0, 0.05) is 18.8 Å². The highest BCUT2D eigenvalue weighted by atomic mass is 32.2. The first kappa shape index (κ1) is 19.6. The number of hydrogen-bond acceptors (Lipinski definition) is 5. The Morgan fingerprint density at radius 2 is 2.15 bits per heavy atom. The van der Waals surface area contributed by atoms with Gasteiger partial charge in [0.25, 0.3) is 0 Å². The number of benzene rings is 1. The summed E-state index contributed by atoms with van der Waals surface area (Å²) in [4.78, 5) is 12.8. The number of rotatable bonds is 5. The molecule has 1 aliphatic heterocycles. The summed E-state index contributed by atoms with van der Waals surface area (Å²) in [6, 6.07) is 7.70. The van der Waals surface area contributed by atoms with E-state index in [1.165, 1.54) is 4.31 Å². The van der Waals surface area contributed by atoms with Crippen LogP contribution in [0.1, 0.15) is 36.8 Å². The minimum Gasteiger partial charge on any atom is -0.360 e. The Morgan fingerprint density at radius 3 is 2.81 bits per heavy atom. The van der Waals surface area contributed by atoms with Crippen molar-refractivity contribution < 1.29 is 17.7 Å². The molecule has 1 fully saturated rings. The van der Waals surface area contributed by atoms with Crippen LogP contribution in [0.3, 0.4) is 0 Å². The molecule has 1 aliphatic rings. The molecule has 2 aromatic rings. The number of anilines is 1. The van der Waals surface area contributed by atoms with E-state index >= 15 is 0 Å². The minimum atomic E-state index is -3.73. The molecule has 0 aliphatic carbocycles. The minimum absolute atomic E-state index is 0.110. The summed E-state index contributed by atoms with van der Waals surface area (Å²) in [6.07, 6.45) is 2.18. The fourth-order valence-corrected chi connectivity index (χ4v) is 5.28. The molecule has 146 valence electrons. The lowest BCUT2D eigenvalue weighted by molar-refractivity contribution is -0.120. The van der Waals surface area contributed by atoms with Crippen molar-refractivity contribution in [2.45, 2.75) is 44.9 Å². The number of nitrogens with one attached hydrogen (secondary N) is 1. The van der Waals surface area contributed by atoms with Gasteiger partial charge in [-0.1, -0.05) is 24.2 Å². The number of carbonyl (C=O) groups is 1. The number of aromatic nitrogens is 1. The van der Waals surface area contributed by atoms with E-state index in [-0.39, 0.29) is 29.0 Å². The molecule has 1 atom stereocenters. The van der Waals surface area contributed by atoms with Crippen molar-refractivity contribution in [3.63, 3.8) is 0 Å². The van der Waals surface area contributed by atoms with E-state index in [0.29, 0.717) is 25.1 Å². The first-order chi connectivity index (χ1) is 12.8. The zero-order chi connectivity index (χ0) is 19.6. The van der Waals surface area contributed by atoms with Crippen LogP contribution in [0.4, 0.5) is 5.69 Å². The number of hydrogen-bond donors (Lipinski definition) is 1. The number of aryl methyl sites for hydroxylation is 3. The largest absolute Gasteiger partial charge is 0.360 e. The second-order valence-corrected chi connectivity index (χ2v) is 8.77. The fraction of sp³-hybridized carbons (Fsp3) is 0.474. The van der Waals surface area contributed by atoms with Crippen molar-refractivity contribution in [3.8, 4) is 0 Å². The summed E-state index contributed by atoms with van der Waals surface area (Å²) in [5.41, 5.74) is 2.22. The van der Waals surface area contributed by atoms with Gasteiger partial charge in [0.1, 0.15) is 10.6 Å². The average molecular weight is 391 g/mol. The molecule has 0 spiro atoms. The third-order valence-electron chi connectivity index (χ3n) is 4.92. The molecule has 1 aromatic carbocycles. The third kappa shape index (κ3) is 4.06. The van der Waals surface area contributed by atoms with Crippen LogP contribution in [0.2, 0.25) is 0 Å². The van der Waals surface area contributed by atoms with Gasteiger partial charge in [0.05, 0.1) is 5.92 Å². The average Bonchev–Trinajstić information content (AvgIpc) is 3.01. The van der Waals surface area contributed by atoms with Gasteiger partial charge in [-0.3, -0.25) is 4.79 Å². The van der Waals surface area contributed by atoms with Gasteiger partial charge in [-0.05, 0) is 50.8 Å². The summed E-state index contributed by atoms with van der Waals surface area (Å²) in [6.45, 7) is 5.80. The van der Waals surface area contributed by atoms with Crippen LogP contribution in [0.25, 0.3) is 0 Å². The van der Waals surface area contributed by atoms with Gasteiger partial charge < -0.3 is 9.84 Å². The molecule has 0 saturated carbocycles. The summed E-state index contributed by atoms with van der Waals surface area (Å²) in [5.74, 6) is -0.267. The van der Waals surface area contributed by atoms with Crippen molar-refractivity contribution >= 4 is 21.6 Å². The quantitative estimate of drug-likeness (QED) is 0.846. The van der Waals surface area contributed by atoms with Gasteiger partial charge >= 0.3 is 0 Å². The van der Waals surface area contributed by atoms with Crippen LogP contribution in [-0.2, 0) is 21.2 Å². The molecule has 8 heteroatoms. The molecule has 0 radical (unpaired) electrons. The summed E-state index contributed by atoms with van der Waals surface area (Å²) in [5, 5.41) is 6.67. The maximum atomic E-state index is 13.0. The highest BCUT2D eigenvalue weighted by molar-refractivity contribution is 7.89. The second-order valence-electron chi connectivity index (χ2n) is 6.90. The SMILES string of the molecule is CCc1cccc(NC(=O)[C@@H]2CCCN(S(=O)(=O)c3c(C)noc3C)C2)c1. The standard InChI is InChI=1S/C19H25N3O4S/c1-4-15-7-5-9-17(11-15)20-19(23)16-8-6-10-22(12-16)27(24,25)18-13(2)21-26-14(18)3/h5,7,9,11,16H,4,6,8,10,12H2,1-3H3,(H,20,23)/t16-/m1/s1. The molecule has 1 saturated heterocycles. The van der Waals surface area contributed by atoms with E-state index in [0.717, 1.165) is 17.7 Å². The molecule has 0 bridgehead atoms. The monoisotopic (exact) mass is 391 g/mol. The van der Waals surface area contributed by atoms with E-state index in [1.807, 2.05) is 24.3 Å². The van der Waals surface area contributed by atoms with Gasteiger partial charge in [0.15, 0.2) is 5.76 Å². The van der Waals surface area contributed by atoms with Crippen LogP contribution < -0.4 is 5.32 Å². The Labute approximate surface area is 159 Å². The lowest BCUT2D eigenvalue weighted by Crippen LogP contribution is -2.43. The van der Waals surface area contributed by atoms with Gasteiger partial charge in [0.2, 0.25) is 15.9 Å². The zero-order valence-electron chi connectivity index (χ0n) is 15.9. The van der Waals surface area contributed by atoms with E-state index in [9.17, 15) is 13.2 Å². The second kappa shape index (κ2) is 7.82. The van der Waals surface area contributed by atoms with Crippen LogP contribution in [0, 0.1) is 19.8 Å². The predicted molar refractivity (Wildman–Crippen MR) is 102 cm³/mol. The molecule has 1 amide bonds. The summed E-state index contributed by atoms with van der Waals surface area (Å²) < 4.78 is 32.4. The smallest absolute Gasteiger partial charge is 0.248 e. The molecule has 2 heterocycles. The Morgan fingerprint density at radius 1 is 1.37 bits per heavy atom. The number of amides is 1. The van der Waals surface area contributed by atoms with Crippen LogP contribution in [0.15, 0.2) is 33.7 Å². The number of carbonyl (C=O) groups excluding carboxylic acids is 1. The molecular formula is C19H25N3O4S. The van der Waals surface area contributed by atoms with Crippen molar-refractivity contribution in [1.82, 2.24) is 9.46 Å². The van der Waals surface area contributed by atoms with E-state index < -0.39 is 10.0 Å². The van der Waals surface area contributed by atoms with Gasteiger partial charge in [-0.15, -0.1) is 0 Å². The fourth-order valence-electron chi connectivity index (χ4n) is 3.46. The normalized spacial score (nSPS) is 18.4. The van der Waals surface area contributed by atoms with Crippen molar-refractivity contribution in [2.24, 2.45) is 5.92 Å². The van der Waals surface area contributed by atoms with E-state index in [4.69, 9.17) is 4.52 Å². The van der Waals surface area contributed by atoms with Crippen molar-refractivity contribution in [1.29, 1.82) is 0 Å². The lowest BCUT2D eigenvalue weighted by Gasteiger charge is -2.31. The molecule has 0 unspecified atom stereocenters. The first-order valence-electron chi connectivity index (χ1n) is 9.15. The topological polar surface area (TPSA) is 92.5 Å². The highest BCUT2D eigenvalue weighted by Gasteiger charge is 2.36. The molecule has 27 heavy (non-hydrogen) atoms. The summed E-state index contributed by atoms with van der Waals surface area (Å²) >= 11 is 0. The molecule has 1 aromatic heterocycles. The molecule has 3 rings (SSSR count). The number of sulfonamides is 1. The molecule has 1 N–H and O–H groups in total. The predicted octanol–water partition coefficient (Wildman–Crippen LogP) is 2.89.